The molecule has 0 aromatic heterocycles. The van der Waals surface area contributed by atoms with E-state index in [2.05, 4.69) is 5.32 Å². The van der Waals surface area contributed by atoms with Crippen LogP contribution in [0.15, 0.2) is 42.5 Å². The predicted octanol–water partition coefficient (Wildman–Crippen LogP) is 3.60. The Morgan fingerprint density at radius 3 is 2.73 bits per heavy atom. The molecular formula is C19H17ClFNO4. The van der Waals surface area contributed by atoms with E-state index in [0.29, 0.717) is 22.9 Å². The number of carbonyl (C=O) groups excluding carboxylic acids is 2. The summed E-state index contributed by atoms with van der Waals surface area (Å²) in [6.07, 6.45) is -0.561. The number of anilines is 1. The zero-order chi connectivity index (χ0) is 18.7. The molecule has 0 unspecified atom stereocenters. The monoisotopic (exact) mass is 377 g/mol. The van der Waals surface area contributed by atoms with Crippen molar-refractivity contribution < 1.29 is 23.5 Å². The van der Waals surface area contributed by atoms with Crippen LogP contribution in [0.2, 0.25) is 5.02 Å². The van der Waals surface area contributed by atoms with Gasteiger partial charge in [0, 0.05) is 10.7 Å². The average molecular weight is 378 g/mol. The SMILES string of the molecule is C[C@H](OC(=O)[C@@H]1COc2ccc(Cl)cc2C1)C(=O)Nc1ccc(F)cc1. The molecule has 0 aliphatic carbocycles. The molecule has 0 spiro atoms. The Bertz CT molecular complexity index is 825. The number of amides is 1. The van der Waals surface area contributed by atoms with Gasteiger partial charge in [0.2, 0.25) is 0 Å². The molecule has 0 saturated carbocycles. The van der Waals surface area contributed by atoms with Crippen molar-refractivity contribution in [1.29, 1.82) is 0 Å². The summed E-state index contributed by atoms with van der Waals surface area (Å²) in [5.74, 6) is -1.23. The van der Waals surface area contributed by atoms with Crippen LogP contribution in [-0.2, 0) is 20.7 Å². The fourth-order valence-electron chi connectivity index (χ4n) is 2.62. The molecule has 0 radical (unpaired) electrons. The molecule has 0 fully saturated rings. The minimum Gasteiger partial charge on any atom is -0.492 e. The number of benzene rings is 2. The number of carbonyl (C=O) groups is 2. The number of ether oxygens (including phenoxy) is 2. The van der Waals surface area contributed by atoms with Gasteiger partial charge in [0.05, 0.1) is 5.92 Å². The number of hydrogen-bond acceptors (Lipinski definition) is 4. The van der Waals surface area contributed by atoms with Crippen molar-refractivity contribution in [3.8, 4) is 5.75 Å². The first-order valence-electron chi connectivity index (χ1n) is 8.10. The van der Waals surface area contributed by atoms with Crippen LogP contribution in [0.5, 0.6) is 5.75 Å². The first-order valence-corrected chi connectivity index (χ1v) is 8.48. The second-order valence-electron chi connectivity index (χ2n) is 6.04. The summed E-state index contributed by atoms with van der Waals surface area (Å²) < 4.78 is 23.7. The zero-order valence-corrected chi connectivity index (χ0v) is 14.8. The summed E-state index contributed by atoms with van der Waals surface area (Å²) in [6.45, 7) is 1.66. The minimum atomic E-state index is -0.992. The van der Waals surface area contributed by atoms with Crippen LogP contribution in [0.4, 0.5) is 10.1 Å². The highest BCUT2D eigenvalue weighted by atomic mass is 35.5. The van der Waals surface area contributed by atoms with E-state index in [1.165, 1.54) is 31.2 Å². The van der Waals surface area contributed by atoms with E-state index in [1.54, 1.807) is 18.2 Å². The minimum absolute atomic E-state index is 0.180. The maximum Gasteiger partial charge on any atom is 0.313 e. The van der Waals surface area contributed by atoms with Crippen molar-refractivity contribution in [2.45, 2.75) is 19.4 Å². The molecule has 5 nitrogen and oxygen atoms in total. The number of hydrogen-bond donors (Lipinski definition) is 1. The highest BCUT2D eigenvalue weighted by Gasteiger charge is 2.30. The summed E-state index contributed by atoms with van der Waals surface area (Å²) in [6, 6.07) is 10.6. The number of fused-ring (bicyclic) bond motifs is 1. The van der Waals surface area contributed by atoms with Crippen molar-refractivity contribution >= 4 is 29.2 Å². The van der Waals surface area contributed by atoms with Gasteiger partial charge in [-0.05, 0) is 61.4 Å². The third kappa shape index (κ3) is 4.32. The molecule has 2 atom stereocenters. The fourth-order valence-corrected chi connectivity index (χ4v) is 2.81. The summed E-state index contributed by atoms with van der Waals surface area (Å²) in [5, 5.41) is 3.13. The van der Waals surface area contributed by atoms with E-state index in [9.17, 15) is 14.0 Å². The second-order valence-corrected chi connectivity index (χ2v) is 6.48. The van der Waals surface area contributed by atoms with E-state index >= 15 is 0 Å². The molecule has 136 valence electrons. The van der Waals surface area contributed by atoms with Gasteiger partial charge in [-0.1, -0.05) is 11.6 Å². The van der Waals surface area contributed by atoms with Gasteiger partial charge in [-0.3, -0.25) is 9.59 Å². The average Bonchev–Trinajstić information content (AvgIpc) is 2.62. The molecule has 1 aliphatic heterocycles. The number of halogens is 2. The first-order chi connectivity index (χ1) is 12.4. The lowest BCUT2D eigenvalue weighted by Gasteiger charge is -2.25. The van der Waals surface area contributed by atoms with Crippen molar-refractivity contribution in [3.63, 3.8) is 0 Å². The maximum atomic E-state index is 12.9. The molecule has 26 heavy (non-hydrogen) atoms. The van der Waals surface area contributed by atoms with Crippen LogP contribution < -0.4 is 10.1 Å². The van der Waals surface area contributed by atoms with Gasteiger partial charge in [0.15, 0.2) is 6.10 Å². The molecule has 1 heterocycles. The standard InChI is InChI=1S/C19H17ClFNO4/c1-11(18(23)22-16-5-3-15(21)4-6-16)26-19(24)13-8-12-9-14(20)2-7-17(12)25-10-13/h2-7,9,11,13H,8,10H2,1H3,(H,22,23)/t11-,13-/m0/s1. The molecular weight excluding hydrogens is 361 g/mol. The second kappa shape index (κ2) is 7.74. The van der Waals surface area contributed by atoms with Crippen molar-refractivity contribution in [3.05, 3.63) is 58.9 Å². The zero-order valence-electron chi connectivity index (χ0n) is 14.0. The molecule has 1 amide bonds. The van der Waals surface area contributed by atoms with Crippen molar-refractivity contribution in [2.75, 3.05) is 11.9 Å². The lowest BCUT2D eigenvalue weighted by Crippen LogP contribution is -2.36. The van der Waals surface area contributed by atoms with Gasteiger partial charge in [-0.25, -0.2) is 4.39 Å². The third-order valence-electron chi connectivity index (χ3n) is 4.04. The van der Waals surface area contributed by atoms with Crippen molar-refractivity contribution in [1.82, 2.24) is 0 Å². The van der Waals surface area contributed by atoms with Crippen molar-refractivity contribution in [2.24, 2.45) is 5.92 Å². The smallest absolute Gasteiger partial charge is 0.313 e. The molecule has 2 aromatic carbocycles. The van der Waals surface area contributed by atoms with Gasteiger partial charge < -0.3 is 14.8 Å². The van der Waals surface area contributed by atoms with Crippen LogP contribution in [0.1, 0.15) is 12.5 Å². The molecule has 1 N–H and O–H groups in total. The Kier molecular flexibility index (Phi) is 5.42. The Labute approximate surface area is 155 Å². The highest BCUT2D eigenvalue weighted by Crippen LogP contribution is 2.30. The first kappa shape index (κ1) is 18.2. The quantitative estimate of drug-likeness (QED) is 0.827. The Balaban J connectivity index is 1.57. The van der Waals surface area contributed by atoms with Gasteiger partial charge in [0.25, 0.3) is 5.91 Å². The summed E-state index contributed by atoms with van der Waals surface area (Å²) in [5.41, 5.74) is 1.25. The molecule has 0 saturated heterocycles. The van der Waals surface area contributed by atoms with Gasteiger partial charge in [-0.2, -0.15) is 0 Å². The third-order valence-corrected chi connectivity index (χ3v) is 4.27. The Morgan fingerprint density at radius 2 is 2.00 bits per heavy atom. The molecule has 3 rings (SSSR count). The predicted molar refractivity (Wildman–Crippen MR) is 94.7 cm³/mol. The highest BCUT2D eigenvalue weighted by molar-refractivity contribution is 6.30. The lowest BCUT2D eigenvalue weighted by atomic mass is 9.97. The van der Waals surface area contributed by atoms with Crippen LogP contribution in [0.25, 0.3) is 0 Å². The maximum absolute atomic E-state index is 12.9. The summed E-state index contributed by atoms with van der Waals surface area (Å²) >= 11 is 5.97. The normalized spacial score (nSPS) is 16.8. The Hall–Kier alpha value is -2.60. The van der Waals surface area contributed by atoms with Gasteiger partial charge in [0.1, 0.15) is 18.2 Å². The number of esters is 1. The molecule has 7 heteroatoms. The molecule has 1 aliphatic rings. The van der Waals surface area contributed by atoms with Crippen LogP contribution in [-0.4, -0.2) is 24.6 Å². The summed E-state index contributed by atoms with van der Waals surface area (Å²) in [7, 11) is 0. The largest absolute Gasteiger partial charge is 0.492 e. The molecule has 0 bridgehead atoms. The number of nitrogens with one attached hydrogen (secondary N) is 1. The van der Waals surface area contributed by atoms with E-state index < -0.39 is 29.7 Å². The van der Waals surface area contributed by atoms with Crippen LogP contribution in [0.3, 0.4) is 0 Å². The topological polar surface area (TPSA) is 64.6 Å². The molecule has 2 aromatic rings. The number of rotatable bonds is 4. The lowest BCUT2D eigenvalue weighted by molar-refractivity contribution is -0.158. The van der Waals surface area contributed by atoms with E-state index in [0.717, 1.165) is 5.56 Å². The van der Waals surface area contributed by atoms with Crippen LogP contribution in [0, 0.1) is 11.7 Å². The van der Waals surface area contributed by atoms with E-state index in [-0.39, 0.29) is 6.61 Å². The van der Waals surface area contributed by atoms with E-state index in [4.69, 9.17) is 21.1 Å². The fraction of sp³-hybridized carbons (Fsp3) is 0.263. The van der Waals surface area contributed by atoms with E-state index in [1.807, 2.05) is 0 Å². The van der Waals surface area contributed by atoms with Gasteiger partial charge in [-0.15, -0.1) is 0 Å². The van der Waals surface area contributed by atoms with Gasteiger partial charge >= 0.3 is 5.97 Å². The summed E-state index contributed by atoms with van der Waals surface area (Å²) in [4.78, 5) is 24.5. The Morgan fingerprint density at radius 1 is 1.27 bits per heavy atom. The van der Waals surface area contributed by atoms with Crippen LogP contribution >= 0.6 is 11.6 Å².